The Bertz CT molecular complexity index is 835. The predicted molar refractivity (Wildman–Crippen MR) is 107 cm³/mol. The first-order valence-electron chi connectivity index (χ1n) is 9.48. The van der Waals surface area contributed by atoms with Gasteiger partial charge in [0.1, 0.15) is 5.69 Å². The van der Waals surface area contributed by atoms with Crippen LogP contribution >= 0.6 is 0 Å². The van der Waals surface area contributed by atoms with Crippen LogP contribution in [-0.2, 0) is 6.54 Å². The lowest BCUT2D eigenvalue weighted by Crippen LogP contribution is -2.32. The van der Waals surface area contributed by atoms with E-state index in [0.717, 1.165) is 29.3 Å². The first kappa shape index (κ1) is 16.9. The summed E-state index contributed by atoms with van der Waals surface area (Å²) in [4.78, 5) is 2.56. The molecule has 3 nitrogen and oxygen atoms in total. The van der Waals surface area contributed by atoms with Gasteiger partial charge in [0.05, 0.1) is 6.20 Å². The molecule has 0 unspecified atom stereocenters. The summed E-state index contributed by atoms with van der Waals surface area (Å²) < 4.78 is 0. The van der Waals surface area contributed by atoms with Crippen molar-refractivity contribution in [1.29, 1.82) is 0 Å². The molecule has 3 aromatic rings. The number of piperidine rings is 1. The molecule has 2 aromatic carbocycles. The molecule has 0 bridgehead atoms. The van der Waals surface area contributed by atoms with Crippen LogP contribution in [0.2, 0.25) is 0 Å². The lowest BCUT2D eigenvalue weighted by molar-refractivity contribution is 0.185. The van der Waals surface area contributed by atoms with E-state index >= 15 is 0 Å². The Morgan fingerprint density at radius 1 is 0.885 bits per heavy atom. The van der Waals surface area contributed by atoms with Crippen LogP contribution in [0.5, 0.6) is 0 Å². The third-order valence-electron chi connectivity index (χ3n) is 5.32. The van der Waals surface area contributed by atoms with Gasteiger partial charge >= 0.3 is 0 Å². The monoisotopic (exact) mass is 343 g/mol. The summed E-state index contributed by atoms with van der Waals surface area (Å²) >= 11 is 0. The van der Waals surface area contributed by atoms with Gasteiger partial charge in [0.15, 0.2) is 0 Å². The summed E-state index contributed by atoms with van der Waals surface area (Å²) in [5.74, 6) is 0.877. The summed E-state index contributed by atoms with van der Waals surface area (Å²) in [7, 11) is 0. The van der Waals surface area contributed by atoms with Gasteiger partial charge < -0.3 is 0 Å². The molecule has 0 atom stereocenters. The van der Waals surface area contributed by atoms with Crippen molar-refractivity contribution in [3.63, 3.8) is 0 Å². The van der Waals surface area contributed by atoms with Crippen LogP contribution in [0.4, 0.5) is 0 Å². The Morgan fingerprint density at radius 3 is 2.35 bits per heavy atom. The second-order valence-corrected chi connectivity index (χ2v) is 7.32. The third kappa shape index (κ3) is 3.83. The molecule has 3 heteroatoms. The zero-order valence-electron chi connectivity index (χ0n) is 15.3. The van der Waals surface area contributed by atoms with Gasteiger partial charge in [0.2, 0.25) is 0 Å². The number of hydrogen-bond donors (Lipinski definition) is 0. The number of likely N-dealkylation sites (tertiary alicyclic amines) is 1. The quantitative estimate of drug-likeness (QED) is 0.664. The molecule has 0 spiro atoms. The van der Waals surface area contributed by atoms with Gasteiger partial charge in [-0.05, 0) is 49.0 Å². The van der Waals surface area contributed by atoms with E-state index in [-0.39, 0.29) is 0 Å². The number of hydrogen-bond acceptors (Lipinski definition) is 3. The first-order valence-corrected chi connectivity index (χ1v) is 9.48. The summed E-state index contributed by atoms with van der Waals surface area (Å²) in [6.45, 7) is 5.83. The third-order valence-corrected chi connectivity index (χ3v) is 5.32. The summed E-state index contributed by atoms with van der Waals surface area (Å²) in [6, 6.07) is 21.3. The van der Waals surface area contributed by atoms with E-state index in [4.69, 9.17) is 0 Å². The highest BCUT2D eigenvalue weighted by Crippen LogP contribution is 2.29. The molecular formula is C23H25N3. The minimum absolute atomic E-state index is 0.877. The largest absolute Gasteiger partial charge is 0.299 e. The Kier molecular flexibility index (Phi) is 5.07. The smallest absolute Gasteiger partial charge is 0.101 e. The second-order valence-electron chi connectivity index (χ2n) is 7.32. The number of aromatic nitrogens is 2. The molecule has 2 heterocycles. The zero-order valence-corrected chi connectivity index (χ0v) is 15.3. The summed E-state index contributed by atoms with van der Waals surface area (Å²) in [5.41, 5.74) is 5.72. The number of nitrogens with zero attached hydrogens (tertiary/aromatic N) is 3. The Hall–Kier alpha value is -2.52. The molecule has 0 radical (unpaired) electrons. The lowest BCUT2D eigenvalue weighted by atomic mass is 9.98. The maximum absolute atomic E-state index is 4.42. The molecule has 1 saturated heterocycles. The van der Waals surface area contributed by atoms with Crippen molar-refractivity contribution in [2.75, 3.05) is 13.1 Å². The fraction of sp³-hybridized carbons (Fsp3) is 0.304. The normalized spacial score (nSPS) is 15.9. The van der Waals surface area contributed by atoms with E-state index in [1.54, 1.807) is 6.20 Å². The van der Waals surface area contributed by atoms with Crippen LogP contribution < -0.4 is 0 Å². The van der Waals surface area contributed by atoms with Crippen molar-refractivity contribution in [3.8, 4) is 22.4 Å². The fourth-order valence-electron chi connectivity index (χ4n) is 3.64. The lowest BCUT2D eigenvalue weighted by Gasteiger charge is -2.30. The van der Waals surface area contributed by atoms with E-state index < -0.39 is 0 Å². The van der Waals surface area contributed by atoms with Crippen LogP contribution in [-0.4, -0.2) is 28.2 Å². The molecule has 0 N–H and O–H groups in total. The Balaban J connectivity index is 1.54. The van der Waals surface area contributed by atoms with Crippen molar-refractivity contribution in [3.05, 3.63) is 72.4 Å². The summed E-state index contributed by atoms with van der Waals surface area (Å²) in [6.07, 6.45) is 4.40. The van der Waals surface area contributed by atoms with Gasteiger partial charge in [0.25, 0.3) is 0 Å². The van der Waals surface area contributed by atoms with Crippen molar-refractivity contribution in [2.24, 2.45) is 5.92 Å². The predicted octanol–water partition coefficient (Wildman–Crippen LogP) is 5.04. The average molecular weight is 343 g/mol. The number of benzene rings is 2. The molecular weight excluding hydrogens is 318 g/mol. The maximum atomic E-state index is 4.42. The van der Waals surface area contributed by atoms with Crippen molar-refractivity contribution < 1.29 is 0 Å². The molecule has 1 aliphatic heterocycles. The molecule has 132 valence electrons. The minimum Gasteiger partial charge on any atom is -0.299 e. The standard InChI is InChI=1S/C23H25N3/c1-18-12-15-26(16-13-18)17-19-7-9-21(10-8-19)23-22(11-14-24-25-23)20-5-3-2-4-6-20/h2-11,14,18H,12-13,15-17H2,1H3. The summed E-state index contributed by atoms with van der Waals surface area (Å²) in [5, 5.41) is 8.53. The SMILES string of the molecule is CC1CCN(Cc2ccc(-c3nnccc3-c3ccccc3)cc2)CC1. The fourth-order valence-corrected chi connectivity index (χ4v) is 3.64. The highest BCUT2D eigenvalue weighted by atomic mass is 15.1. The van der Waals surface area contributed by atoms with Gasteiger partial charge in [-0.25, -0.2) is 0 Å². The molecule has 1 aromatic heterocycles. The highest BCUT2D eigenvalue weighted by molar-refractivity contribution is 5.80. The first-order chi connectivity index (χ1) is 12.8. The molecule has 0 saturated carbocycles. The van der Waals surface area contributed by atoms with Crippen molar-refractivity contribution in [1.82, 2.24) is 15.1 Å². The van der Waals surface area contributed by atoms with Crippen LogP contribution in [0.1, 0.15) is 25.3 Å². The Morgan fingerprint density at radius 2 is 1.62 bits per heavy atom. The molecule has 1 fully saturated rings. The van der Waals surface area contributed by atoms with Crippen molar-refractivity contribution >= 4 is 0 Å². The van der Waals surface area contributed by atoms with Crippen LogP contribution in [0.3, 0.4) is 0 Å². The van der Waals surface area contributed by atoms with Crippen LogP contribution in [0.25, 0.3) is 22.4 Å². The minimum atomic E-state index is 0.877. The molecule has 4 rings (SSSR count). The van der Waals surface area contributed by atoms with E-state index in [9.17, 15) is 0 Å². The van der Waals surface area contributed by atoms with Gasteiger partial charge in [0, 0.05) is 17.7 Å². The molecule has 0 amide bonds. The zero-order chi connectivity index (χ0) is 17.8. The van der Waals surface area contributed by atoms with Gasteiger partial charge in [-0.3, -0.25) is 4.90 Å². The van der Waals surface area contributed by atoms with E-state index in [1.807, 2.05) is 12.1 Å². The van der Waals surface area contributed by atoms with Gasteiger partial charge in [-0.15, -0.1) is 5.10 Å². The van der Waals surface area contributed by atoms with Gasteiger partial charge in [-0.2, -0.15) is 5.10 Å². The van der Waals surface area contributed by atoms with E-state index in [0.29, 0.717) is 0 Å². The van der Waals surface area contributed by atoms with Gasteiger partial charge in [-0.1, -0.05) is 61.5 Å². The van der Waals surface area contributed by atoms with Crippen LogP contribution in [0.15, 0.2) is 66.9 Å². The molecule has 26 heavy (non-hydrogen) atoms. The Labute approximate surface area is 155 Å². The highest BCUT2D eigenvalue weighted by Gasteiger charge is 2.16. The molecule has 1 aliphatic rings. The average Bonchev–Trinajstić information content (AvgIpc) is 2.71. The second kappa shape index (κ2) is 7.79. The van der Waals surface area contributed by atoms with Crippen LogP contribution in [0, 0.1) is 5.92 Å². The van der Waals surface area contributed by atoms with Crippen molar-refractivity contribution in [2.45, 2.75) is 26.3 Å². The molecule has 0 aliphatic carbocycles. The van der Waals surface area contributed by atoms with E-state index in [2.05, 4.69) is 70.6 Å². The number of rotatable bonds is 4. The van der Waals surface area contributed by atoms with E-state index in [1.165, 1.54) is 37.1 Å². The topological polar surface area (TPSA) is 29.0 Å². The maximum Gasteiger partial charge on any atom is 0.101 e.